The van der Waals surface area contributed by atoms with E-state index in [1.807, 2.05) is 0 Å². The lowest BCUT2D eigenvalue weighted by molar-refractivity contribution is 0.0601. The number of benzene rings is 1. The number of hydrogen-bond donors (Lipinski definition) is 2. The van der Waals surface area contributed by atoms with E-state index >= 15 is 0 Å². The topological polar surface area (TPSA) is 73.6 Å². The van der Waals surface area contributed by atoms with Crippen LogP contribution in [0.5, 0.6) is 0 Å². The molecule has 0 fully saturated rings. The Bertz CT molecular complexity index is 458. The SMILES string of the molecule is COCCC(C)(C)CNc1cc(C(=O)OC)ccc1N. The molecule has 0 aromatic heterocycles. The van der Waals surface area contributed by atoms with Crippen LogP contribution < -0.4 is 11.1 Å². The molecular formula is C15H24N2O3. The summed E-state index contributed by atoms with van der Waals surface area (Å²) >= 11 is 0. The molecule has 0 heterocycles. The Morgan fingerprint density at radius 2 is 2.05 bits per heavy atom. The normalized spacial score (nSPS) is 11.2. The Balaban J connectivity index is 2.74. The second-order valence-corrected chi connectivity index (χ2v) is 5.55. The molecule has 112 valence electrons. The summed E-state index contributed by atoms with van der Waals surface area (Å²) < 4.78 is 9.81. The van der Waals surface area contributed by atoms with Crippen LogP contribution in [0.3, 0.4) is 0 Å². The van der Waals surface area contributed by atoms with Gasteiger partial charge in [0.1, 0.15) is 0 Å². The zero-order valence-electron chi connectivity index (χ0n) is 12.7. The minimum Gasteiger partial charge on any atom is -0.465 e. The molecule has 0 radical (unpaired) electrons. The van der Waals surface area contributed by atoms with Crippen molar-refractivity contribution in [2.75, 3.05) is 38.4 Å². The molecule has 0 saturated carbocycles. The number of hydrogen-bond acceptors (Lipinski definition) is 5. The van der Waals surface area contributed by atoms with Crippen LogP contribution in [0, 0.1) is 5.41 Å². The van der Waals surface area contributed by atoms with E-state index in [2.05, 4.69) is 19.2 Å². The summed E-state index contributed by atoms with van der Waals surface area (Å²) in [6.07, 6.45) is 0.938. The number of rotatable bonds is 7. The summed E-state index contributed by atoms with van der Waals surface area (Å²) in [7, 11) is 3.06. The molecule has 0 atom stereocenters. The standard InChI is InChI=1S/C15H24N2O3/c1-15(2,7-8-19-3)10-17-13-9-11(14(18)20-4)5-6-12(13)16/h5-6,9,17H,7-8,10,16H2,1-4H3. The van der Waals surface area contributed by atoms with Crippen LogP contribution >= 0.6 is 0 Å². The van der Waals surface area contributed by atoms with Gasteiger partial charge in [0.25, 0.3) is 0 Å². The summed E-state index contributed by atoms with van der Waals surface area (Å²) in [4.78, 5) is 11.5. The van der Waals surface area contributed by atoms with Crippen molar-refractivity contribution < 1.29 is 14.3 Å². The number of ether oxygens (including phenoxy) is 2. The number of nitrogen functional groups attached to an aromatic ring is 1. The van der Waals surface area contributed by atoms with Crippen LogP contribution in [0.4, 0.5) is 11.4 Å². The van der Waals surface area contributed by atoms with Gasteiger partial charge in [-0.05, 0) is 30.0 Å². The monoisotopic (exact) mass is 280 g/mol. The number of nitrogens with two attached hydrogens (primary N) is 1. The number of carbonyl (C=O) groups is 1. The average Bonchev–Trinajstić information content (AvgIpc) is 2.43. The minimum absolute atomic E-state index is 0.0731. The van der Waals surface area contributed by atoms with E-state index in [9.17, 15) is 4.79 Å². The first-order valence-corrected chi connectivity index (χ1v) is 6.60. The van der Waals surface area contributed by atoms with Gasteiger partial charge < -0.3 is 20.5 Å². The molecule has 3 N–H and O–H groups in total. The minimum atomic E-state index is -0.369. The van der Waals surface area contributed by atoms with Crippen LogP contribution in [-0.2, 0) is 9.47 Å². The molecule has 0 unspecified atom stereocenters. The van der Waals surface area contributed by atoms with E-state index in [1.54, 1.807) is 25.3 Å². The molecule has 1 rings (SSSR count). The molecule has 1 aromatic carbocycles. The van der Waals surface area contributed by atoms with Gasteiger partial charge in [-0.25, -0.2) is 4.79 Å². The number of nitrogens with one attached hydrogen (secondary N) is 1. The van der Waals surface area contributed by atoms with E-state index in [0.717, 1.165) is 18.7 Å². The van der Waals surface area contributed by atoms with Crippen molar-refractivity contribution >= 4 is 17.3 Å². The predicted octanol–water partition coefficient (Wildman–Crippen LogP) is 2.53. The molecule has 0 aliphatic heterocycles. The first kappa shape index (κ1) is 16.3. The fourth-order valence-electron chi connectivity index (χ4n) is 1.76. The van der Waals surface area contributed by atoms with Gasteiger partial charge in [0.05, 0.1) is 24.0 Å². The van der Waals surface area contributed by atoms with E-state index in [1.165, 1.54) is 7.11 Å². The predicted molar refractivity (Wildman–Crippen MR) is 81.0 cm³/mol. The van der Waals surface area contributed by atoms with Crippen LogP contribution in [0.2, 0.25) is 0 Å². The average molecular weight is 280 g/mol. The summed E-state index contributed by atoms with van der Waals surface area (Å²) in [5, 5.41) is 3.29. The molecule has 20 heavy (non-hydrogen) atoms. The lowest BCUT2D eigenvalue weighted by Gasteiger charge is -2.25. The molecular weight excluding hydrogens is 256 g/mol. The van der Waals surface area contributed by atoms with Crippen LogP contribution in [0.1, 0.15) is 30.6 Å². The van der Waals surface area contributed by atoms with Gasteiger partial charge in [0, 0.05) is 20.3 Å². The molecule has 0 aliphatic rings. The van der Waals surface area contributed by atoms with Gasteiger partial charge in [-0.2, -0.15) is 0 Å². The highest BCUT2D eigenvalue weighted by Crippen LogP contribution is 2.25. The third kappa shape index (κ3) is 4.74. The first-order chi connectivity index (χ1) is 9.39. The maximum Gasteiger partial charge on any atom is 0.337 e. The summed E-state index contributed by atoms with van der Waals surface area (Å²) in [6, 6.07) is 5.08. The molecule has 0 bridgehead atoms. The van der Waals surface area contributed by atoms with Crippen molar-refractivity contribution in [3.05, 3.63) is 23.8 Å². The van der Waals surface area contributed by atoms with Crippen molar-refractivity contribution in [3.63, 3.8) is 0 Å². The maximum atomic E-state index is 11.5. The van der Waals surface area contributed by atoms with Gasteiger partial charge in [-0.15, -0.1) is 0 Å². The van der Waals surface area contributed by atoms with Crippen molar-refractivity contribution in [2.45, 2.75) is 20.3 Å². The second-order valence-electron chi connectivity index (χ2n) is 5.55. The van der Waals surface area contributed by atoms with Gasteiger partial charge in [0.2, 0.25) is 0 Å². The van der Waals surface area contributed by atoms with Crippen molar-refractivity contribution in [1.82, 2.24) is 0 Å². The van der Waals surface area contributed by atoms with Gasteiger partial charge >= 0.3 is 5.97 Å². The largest absolute Gasteiger partial charge is 0.465 e. The van der Waals surface area contributed by atoms with Crippen molar-refractivity contribution in [1.29, 1.82) is 0 Å². The van der Waals surface area contributed by atoms with E-state index in [0.29, 0.717) is 17.9 Å². The van der Waals surface area contributed by atoms with E-state index in [-0.39, 0.29) is 11.4 Å². The van der Waals surface area contributed by atoms with E-state index < -0.39 is 0 Å². The molecule has 0 saturated heterocycles. The molecule has 5 nitrogen and oxygen atoms in total. The molecule has 0 amide bonds. The van der Waals surface area contributed by atoms with Crippen LogP contribution in [0.15, 0.2) is 18.2 Å². The molecule has 0 spiro atoms. The smallest absolute Gasteiger partial charge is 0.337 e. The molecule has 0 aliphatic carbocycles. The maximum absolute atomic E-state index is 11.5. The summed E-state index contributed by atoms with van der Waals surface area (Å²) in [5.41, 5.74) is 7.84. The van der Waals surface area contributed by atoms with Crippen LogP contribution in [0.25, 0.3) is 0 Å². The number of carbonyl (C=O) groups excluding carboxylic acids is 1. The highest BCUT2D eigenvalue weighted by Gasteiger charge is 2.18. The fourth-order valence-corrected chi connectivity index (χ4v) is 1.76. The van der Waals surface area contributed by atoms with Crippen molar-refractivity contribution in [3.8, 4) is 0 Å². The third-order valence-corrected chi connectivity index (χ3v) is 3.21. The Labute approximate surface area is 120 Å². The zero-order chi connectivity index (χ0) is 15.2. The Morgan fingerprint density at radius 3 is 2.65 bits per heavy atom. The number of esters is 1. The lowest BCUT2D eigenvalue weighted by Crippen LogP contribution is -2.25. The second kappa shape index (κ2) is 7.14. The number of methoxy groups -OCH3 is 2. The highest BCUT2D eigenvalue weighted by molar-refractivity contribution is 5.91. The Morgan fingerprint density at radius 1 is 1.35 bits per heavy atom. The Hall–Kier alpha value is -1.75. The highest BCUT2D eigenvalue weighted by atomic mass is 16.5. The van der Waals surface area contributed by atoms with Gasteiger partial charge in [0.15, 0.2) is 0 Å². The quantitative estimate of drug-likeness (QED) is 0.593. The van der Waals surface area contributed by atoms with Crippen molar-refractivity contribution in [2.24, 2.45) is 5.41 Å². The molecule has 1 aromatic rings. The lowest BCUT2D eigenvalue weighted by atomic mass is 9.89. The Kier molecular flexibility index (Phi) is 5.82. The summed E-state index contributed by atoms with van der Waals surface area (Å²) in [5.74, 6) is -0.369. The van der Waals surface area contributed by atoms with Gasteiger partial charge in [-0.1, -0.05) is 13.8 Å². The summed E-state index contributed by atoms with van der Waals surface area (Å²) in [6.45, 7) is 5.76. The first-order valence-electron chi connectivity index (χ1n) is 6.60. The molecule has 5 heteroatoms. The number of anilines is 2. The third-order valence-electron chi connectivity index (χ3n) is 3.21. The van der Waals surface area contributed by atoms with Crippen LogP contribution in [-0.4, -0.2) is 33.3 Å². The van der Waals surface area contributed by atoms with Gasteiger partial charge in [-0.3, -0.25) is 0 Å². The zero-order valence-corrected chi connectivity index (χ0v) is 12.7. The fraction of sp³-hybridized carbons (Fsp3) is 0.533. The van der Waals surface area contributed by atoms with E-state index in [4.69, 9.17) is 15.2 Å².